The van der Waals surface area contributed by atoms with Gasteiger partial charge in [-0.3, -0.25) is 9.59 Å². The van der Waals surface area contributed by atoms with E-state index in [2.05, 4.69) is 26.8 Å². The van der Waals surface area contributed by atoms with Crippen LogP contribution in [0.25, 0.3) is 0 Å². The normalized spacial score (nSPS) is 16.2. The third-order valence-electron chi connectivity index (χ3n) is 5.68. The highest BCUT2D eigenvalue weighted by atomic mass is 16.5. The molecule has 1 N–H and O–H groups in total. The Balaban J connectivity index is 0.000000913. The Bertz CT molecular complexity index is 970. The molecule has 0 atom stereocenters. The minimum atomic E-state index is -0.582. The first-order valence-electron chi connectivity index (χ1n) is 10.1. The van der Waals surface area contributed by atoms with Crippen LogP contribution >= 0.6 is 0 Å². The number of carbonyl (C=O) groups excluding carboxylic acids is 2. The molecule has 170 valence electrons. The summed E-state index contributed by atoms with van der Waals surface area (Å²) in [6, 6.07) is 6.13. The quantitative estimate of drug-likeness (QED) is 0.556. The van der Waals surface area contributed by atoms with E-state index in [0.29, 0.717) is 32.5 Å². The molecule has 0 radical (unpaired) electrons. The lowest BCUT2D eigenvalue weighted by molar-refractivity contribution is -0.122. The predicted molar refractivity (Wildman–Crippen MR) is 112 cm³/mol. The molecule has 0 bridgehead atoms. The summed E-state index contributed by atoms with van der Waals surface area (Å²) in [4.78, 5) is 42.4. The zero-order chi connectivity index (χ0) is 23.1. The summed E-state index contributed by atoms with van der Waals surface area (Å²) in [5, 5.41) is 6.89. The number of hydrogen-bond donors (Lipinski definition) is 1. The van der Waals surface area contributed by atoms with Crippen LogP contribution in [0.2, 0.25) is 0 Å². The van der Waals surface area contributed by atoms with Crippen molar-refractivity contribution in [1.29, 1.82) is 0 Å². The van der Waals surface area contributed by atoms with Gasteiger partial charge in [-0.1, -0.05) is 6.07 Å². The number of aromatic nitrogens is 2. The molecule has 10 nitrogen and oxygen atoms in total. The van der Waals surface area contributed by atoms with E-state index in [1.165, 1.54) is 30.6 Å². The lowest BCUT2D eigenvalue weighted by atomic mass is 9.79. The van der Waals surface area contributed by atoms with Crippen LogP contribution in [0.5, 0.6) is 5.75 Å². The van der Waals surface area contributed by atoms with Crippen LogP contribution in [0, 0.1) is 0 Å². The third-order valence-corrected chi connectivity index (χ3v) is 5.68. The Hall–Kier alpha value is -3.53. The van der Waals surface area contributed by atoms with Crippen LogP contribution in [-0.2, 0) is 26.3 Å². The number of rotatable bonds is 3. The van der Waals surface area contributed by atoms with E-state index >= 15 is 0 Å². The number of methoxy groups -OCH3 is 2. The number of amides is 1. The SMILES string of the molecule is COC(=O)c1cnc(C(=O)N2CCC3(CC2)OCCc2cc(OC)ccc23)cn1.O=CO. The predicted octanol–water partition coefficient (Wildman–Crippen LogP) is 1.68. The largest absolute Gasteiger partial charge is 0.497 e. The van der Waals surface area contributed by atoms with E-state index < -0.39 is 5.97 Å². The van der Waals surface area contributed by atoms with E-state index in [0.717, 1.165) is 12.2 Å². The maximum absolute atomic E-state index is 12.8. The number of fused-ring (bicyclic) bond motifs is 2. The molecule has 0 saturated carbocycles. The summed E-state index contributed by atoms with van der Waals surface area (Å²) in [5.74, 6) is 0.0677. The number of hydrogen-bond acceptors (Lipinski definition) is 8. The summed E-state index contributed by atoms with van der Waals surface area (Å²) in [7, 11) is 2.94. The summed E-state index contributed by atoms with van der Waals surface area (Å²) in [5.41, 5.74) is 2.36. The fourth-order valence-corrected chi connectivity index (χ4v) is 4.08. The lowest BCUT2D eigenvalue weighted by Crippen LogP contribution is -2.48. The van der Waals surface area contributed by atoms with Gasteiger partial charge in [0.15, 0.2) is 5.69 Å². The summed E-state index contributed by atoms with van der Waals surface area (Å²) in [6.07, 6.45) is 4.87. The molecule has 32 heavy (non-hydrogen) atoms. The van der Waals surface area contributed by atoms with Crippen molar-refractivity contribution in [1.82, 2.24) is 14.9 Å². The molecule has 3 heterocycles. The first-order chi connectivity index (χ1) is 15.5. The highest BCUT2D eigenvalue weighted by Gasteiger charge is 2.42. The molecule has 1 fully saturated rings. The highest BCUT2D eigenvalue weighted by Crippen LogP contribution is 2.42. The van der Waals surface area contributed by atoms with Gasteiger partial charge in [0.05, 0.1) is 38.8 Å². The van der Waals surface area contributed by atoms with Crippen molar-refractivity contribution >= 4 is 18.3 Å². The Morgan fingerprint density at radius 2 is 1.81 bits per heavy atom. The van der Waals surface area contributed by atoms with Crippen LogP contribution < -0.4 is 4.74 Å². The number of ether oxygens (including phenoxy) is 3. The second kappa shape index (κ2) is 10.2. The van der Waals surface area contributed by atoms with E-state index in [4.69, 9.17) is 19.4 Å². The number of esters is 1. The topological polar surface area (TPSA) is 128 Å². The molecule has 1 aromatic heterocycles. The Labute approximate surface area is 185 Å². The number of carbonyl (C=O) groups is 3. The molecule has 2 aliphatic rings. The zero-order valence-electron chi connectivity index (χ0n) is 17.9. The third kappa shape index (κ3) is 4.70. The lowest BCUT2D eigenvalue weighted by Gasteiger charge is -2.45. The van der Waals surface area contributed by atoms with E-state index in [1.54, 1.807) is 12.0 Å². The minimum Gasteiger partial charge on any atom is -0.497 e. The van der Waals surface area contributed by atoms with Crippen LogP contribution in [0.3, 0.4) is 0 Å². The van der Waals surface area contributed by atoms with Gasteiger partial charge in [-0.15, -0.1) is 0 Å². The van der Waals surface area contributed by atoms with Gasteiger partial charge in [0.2, 0.25) is 0 Å². The standard InChI is InChI=1S/C21H23N3O5.CH2O2/c1-27-15-3-4-16-14(11-15)5-10-29-21(16)6-8-24(9-7-21)19(25)17-12-23-18(13-22-17)20(26)28-2;2-1-3/h3-4,11-13H,5-10H2,1-2H3;1H,(H,2,3). The molecule has 1 spiro atoms. The second-order valence-electron chi connectivity index (χ2n) is 7.29. The van der Waals surface area contributed by atoms with Gasteiger partial charge in [-0.25, -0.2) is 14.8 Å². The molecular weight excluding hydrogens is 418 g/mol. The van der Waals surface area contributed by atoms with Gasteiger partial charge in [0.1, 0.15) is 11.4 Å². The van der Waals surface area contributed by atoms with Crippen molar-refractivity contribution in [3.8, 4) is 5.75 Å². The Morgan fingerprint density at radius 1 is 1.16 bits per heavy atom. The number of piperidine rings is 1. The maximum Gasteiger partial charge on any atom is 0.358 e. The summed E-state index contributed by atoms with van der Waals surface area (Å²) >= 11 is 0. The monoisotopic (exact) mass is 443 g/mol. The fraction of sp³-hybridized carbons (Fsp3) is 0.409. The smallest absolute Gasteiger partial charge is 0.358 e. The molecule has 1 amide bonds. The summed E-state index contributed by atoms with van der Waals surface area (Å²) in [6.45, 7) is 1.53. The van der Waals surface area contributed by atoms with Crippen LogP contribution in [0.15, 0.2) is 30.6 Å². The van der Waals surface area contributed by atoms with Gasteiger partial charge in [0, 0.05) is 13.1 Å². The van der Waals surface area contributed by atoms with Crippen molar-refractivity contribution in [2.75, 3.05) is 33.9 Å². The molecule has 2 aliphatic heterocycles. The highest BCUT2D eigenvalue weighted by molar-refractivity contribution is 5.93. The van der Waals surface area contributed by atoms with Crippen LogP contribution in [0.4, 0.5) is 0 Å². The molecule has 2 aromatic rings. The van der Waals surface area contributed by atoms with E-state index in [1.807, 2.05) is 6.07 Å². The average molecular weight is 443 g/mol. The molecule has 1 aromatic carbocycles. The van der Waals surface area contributed by atoms with E-state index in [9.17, 15) is 9.59 Å². The van der Waals surface area contributed by atoms with Crippen LogP contribution in [-0.4, -0.2) is 72.2 Å². The van der Waals surface area contributed by atoms with Crippen LogP contribution in [0.1, 0.15) is 44.9 Å². The number of likely N-dealkylation sites (tertiary alicyclic amines) is 1. The van der Waals surface area contributed by atoms with E-state index in [-0.39, 0.29) is 29.4 Å². The fourth-order valence-electron chi connectivity index (χ4n) is 4.08. The first kappa shape index (κ1) is 23.1. The Morgan fingerprint density at radius 3 is 2.41 bits per heavy atom. The van der Waals surface area contributed by atoms with Crippen molar-refractivity contribution in [3.63, 3.8) is 0 Å². The molecule has 1 saturated heterocycles. The minimum absolute atomic E-state index is 0.0734. The maximum atomic E-state index is 12.8. The van der Waals surface area contributed by atoms with Gasteiger partial charge in [0.25, 0.3) is 12.4 Å². The molecule has 4 rings (SSSR count). The van der Waals surface area contributed by atoms with Gasteiger partial charge >= 0.3 is 5.97 Å². The van der Waals surface area contributed by atoms with Gasteiger partial charge < -0.3 is 24.2 Å². The second-order valence-corrected chi connectivity index (χ2v) is 7.29. The first-order valence-corrected chi connectivity index (χ1v) is 10.1. The number of benzene rings is 1. The molecule has 0 unspecified atom stereocenters. The van der Waals surface area contributed by atoms with Crippen molar-refractivity contribution < 1.29 is 33.7 Å². The summed E-state index contributed by atoms with van der Waals surface area (Å²) < 4.78 is 16.2. The molecule has 0 aliphatic carbocycles. The van der Waals surface area contributed by atoms with Crippen molar-refractivity contribution in [2.45, 2.75) is 24.9 Å². The number of nitrogens with zero attached hydrogens (tertiary/aromatic N) is 3. The average Bonchev–Trinajstić information content (AvgIpc) is 2.84. The molecule has 10 heteroatoms. The Kier molecular flexibility index (Phi) is 7.37. The number of carboxylic acid groups (broad SMARTS) is 1. The van der Waals surface area contributed by atoms with Crippen molar-refractivity contribution in [2.24, 2.45) is 0 Å². The zero-order valence-corrected chi connectivity index (χ0v) is 17.9. The van der Waals surface area contributed by atoms with Gasteiger partial charge in [-0.2, -0.15) is 0 Å². The van der Waals surface area contributed by atoms with Gasteiger partial charge in [-0.05, 0) is 42.5 Å². The molecular formula is C22H25N3O7. The van der Waals surface area contributed by atoms with Crippen molar-refractivity contribution in [3.05, 3.63) is 53.1 Å².